The van der Waals surface area contributed by atoms with E-state index in [0.717, 1.165) is 62.6 Å². The molecule has 5 rings (SSSR count). The van der Waals surface area contributed by atoms with Crippen LogP contribution in [0.1, 0.15) is 54.7 Å². The van der Waals surface area contributed by atoms with Gasteiger partial charge in [-0.05, 0) is 92.6 Å². The minimum Gasteiger partial charge on any atom is -0.352 e. The Kier molecular flexibility index (Phi) is 8.42. The number of piperazine rings is 1. The Labute approximate surface area is 222 Å². The molecule has 196 valence electrons. The highest BCUT2D eigenvalue weighted by atomic mass is 16.1. The van der Waals surface area contributed by atoms with Crippen molar-refractivity contribution < 1.29 is 4.79 Å². The molecule has 0 spiro atoms. The third kappa shape index (κ3) is 6.16. The maximum Gasteiger partial charge on any atom is 0.251 e. The molecule has 1 N–H and O–H groups in total. The first-order valence-corrected chi connectivity index (χ1v) is 14.2. The van der Waals surface area contributed by atoms with Crippen LogP contribution >= 0.6 is 0 Å². The van der Waals surface area contributed by atoms with Gasteiger partial charge in [0, 0.05) is 49.7 Å². The van der Waals surface area contributed by atoms with Crippen LogP contribution < -0.4 is 5.32 Å². The molecule has 1 unspecified atom stereocenters. The Morgan fingerprint density at radius 1 is 0.946 bits per heavy atom. The predicted octanol–water partition coefficient (Wildman–Crippen LogP) is 5.42. The average Bonchev–Trinajstić information content (AvgIpc) is 3.31. The van der Waals surface area contributed by atoms with Crippen molar-refractivity contribution in [2.24, 2.45) is 5.92 Å². The number of nitrogens with one attached hydrogen (secondary N) is 1. The molecule has 2 heterocycles. The number of aromatic nitrogens is 1. The van der Waals surface area contributed by atoms with Crippen molar-refractivity contribution in [3.05, 3.63) is 77.5 Å². The molecular weight excluding hydrogens is 456 g/mol. The maximum atomic E-state index is 12.8. The van der Waals surface area contributed by atoms with Crippen molar-refractivity contribution in [3.63, 3.8) is 0 Å². The molecule has 2 aromatic carbocycles. The second-order valence-corrected chi connectivity index (χ2v) is 10.9. The summed E-state index contributed by atoms with van der Waals surface area (Å²) in [6.07, 6.45) is 5.68. The lowest BCUT2D eigenvalue weighted by molar-refractivity contribution is 0.0948. The summed E-state index contributed by atoms with van der Waals surface area (Å²) in [4.78, 5) is 17.9. The van der Waals surface area contributed by atoms with Crippen molar-refractivity contribution in [1.82, 2.24) is 19.7 Å². The molecule has 5 heteroatoms. The minimum absolute atomic E-state index is 0.0194. The van der Waals surface area contributed by atoms with Crippen molar-refractivity contribution in [2.75, 3.05) is 45.8 Å². The zero-order valence-corrected chi connectivity index (χ0v) is 22.6. The summed E-state index contributed by atoms with van der Waals surface area (Å²) in [7, 11) is 0. The first kappa shape index (κ1) is 25.7. The summed E-state index contributed by atoms with van der Waals surface area (Å²) in [6.45, 7) is 12.2. The second-order valence-electron chi connectivity index (χ2n) is 10.9. The molecule has 0 bridgehead atoms. The Balaban J connectivity index is 1.21. The van der Waals surface area contributed by atoms with Crippen molar-refractivity contribution >= 4 is 5.91 Å². The van der Waals surface area contributed by atoms with E-state index in [1.165, 1.54) is 55.0 Å². The number of amides is 1. The number of carbonyl (C=O) groups excluding carboxylic acids is 1. The molecule has 2 aliphatic rings. The smallest absolute Gasteiger partial charge is 0.251 e. The van der Waals surface area contributed by atoms with Crippen LogP contribution in [0.2, 0.25) is 0 Å². The van der Waals surface area contributed by atoms with E-state index >= 15 is 0 Å². The van der Waals surface area contributed by atoms with Gasteiger partial charge in [-0.25, -0.2) is 0 Å². The van der Waals surface area contributed by atoms with E-state index in [9.17, 15) is 4.79 Å². The van der Waals surface area contributed by atoms with Crippen LogP contribution in [0.15, 0.2) is 60.7 Å². The lowest BCUT2D eigenvalue weighted by atomic mass is 9.89. The molecule has 1 saturated heterocycles. The van der Waals surface area contributed by atoms with E-state index in [1.54, 1.807) is 0 Å². The summed E-state index contributed by atoms with van der Waals surface area (Å²) in [5.74, 6) is 0.745. The first-order chi connectivity index (χ1) is 18.1. The van der Waals surface area contributed by atoms with E-state index in [2.05, 4.69) is 82.1 Å². The molecule has 0 radical (unpaired) electrons. The second kappa shape index (κ2) is 12.1. The Hall–Kier alpha value is -2.89. The van der Waals surface area contributed by atoms with Crippen LogP contribution in [0.3, 0.4) is 0 Å². The summed E-state index contributed by atoms with van der Waals surface area (Å²) < 4.78 is 2.42. The molecule has 1 aliphatic heterocycles. The molecule has 1 aliphatic carbocycles. The van der Waals surface area contributed by atoms with Crippen LogP contribution in [-0.4, -0.2) is 66.1 Å². The number of hydrogen-bond acceptors (Lipinski definition) is 3. The van der Waals surface area contributed by atoms with Crippen molar-refractivity contribution in [2.45, 2.75) is 46.0 Å². The van der Waals surface area contributed by atoms with E-state index in [1.807, 2.05) is 12.1 Å². The van der Waals surface area contributed by atoms with Gasteiger partial charge in [0.25, 0.3) is 5.91 Å². The Morgan fingerprint density at radius 2 is 1.65 bits per heavy atom. The number of fused-ring (bicyclic) bond motifs is 1. The van der Waals surface area contributed by atoms with Crippen LogP contribution in [0, 0.1) is 5.92 Å². The Bertz CT molecular complexity index is 1160. The predicted molar refractivity (Wildman–Crippen MR) is 153 cm³/mol. The zero-order valence-electron chi connectivity index (χ0n) is 22.6. The van der Waals surface area contributed by atoms with Crippen LogP contribution in [-0.2, 0) is 12.8 Å². The van der Waals surface area contributed by atoms with Gasteiger partial charge >= 0.3 is 0 Å². The van der Waals surface area contributed by atoms with Gasteiger partial charge in [0.2, 0.25) is 0 Å². The van der Waals surface area contributed by atoms with E-state index in [0.29, 0.717) is 0 Å². The largest absolute Gasteiger partial charge is 0.352 e. The highest BCUT2D eigenvalue weighted by Crippen LogP contribution is 2.35. The van der Waals surface area contributed by atoms with Gasteiger partial charge in [-0.1, -0.05) is 44.2 Å². The molecule has 1 amide bonds. The minimum atomic E-state index is 0.0194. The molecule has 5 nitrogen and oxygen atoms in total. The SMILES string of the molecule is CCCN1CCN(CCCNC(=O)c2ccc(-n3c(-c4ccccc4)cc4c3CCC(C)C4)cc2)CC1. The molecule has 1 atom stereocenters. The van der Waals surface area contributed by atoms with Crippen molar-refractivity contribution in [3.8, 4) is 16.9 Å². The molecule has 3 aromatic rings. The number of rotatable bonds is 9. The summed E-state index contributed by atoms with van der Waals surface area (Å²) >= 11 is 0. The lowest BCUT2D eigenvalue weighted by Gasteiger charge is -2.34. The van der Waals surface area contributed by atoms with E-state index < -0.39 is 0 Å². The monoisotopic (exact) mass is 498 g/mol. The third-order valence-electron chi connectivity index (χ3n) is 8.03. The summed E-state index contributed by atoms with van der Waals surface area (Å²) in [5.41, 5.74) is 7.22. The molecule has 1 aromatic heterocycles. The number of carbonyl (C=O) groups is 1. The van der Waals surface area contributed by atoms with Crippen LogP contribution in [0.25, 0.3) is 16.9 Å². The highest BCUT2D eigenvalue weighted by Gasteiger charge is 2.23. The normalized spacial score (nSPS) is 18.5. The van der Waals surface area contributed by atoms with Gasteiger partial charge in [-0.2, -0.15) is 0 Å². The topological polar surface area (TPSA) is 40.5 Å². The summed E-state index contributed by atoms with van der Waals surface area (Å²) in [6, 6.07) is 21.2. The molecular formula is C32H42N4O. The third-order valence-corrected chi connectivity index (χ3v) is 8.03. The summed E-state index contributed by atoms with van der Waals surface area (Å²) in [5, 5.41) is 3.13. The van der Waals surface area contributed by atoms with Gasteiger partial charge in [0.05, 0.1) is 5.69 Å². The first-order valence-electron chi connectivity index (χ1n) is 14.2. The van der Waals surface area contributed by atoms with Gasteiger partial charge < -0.3 is 19.7 Å². The van der Waals surface area contributed by atoms with Gasteiger partial charge in [0.15, 0.2) is 0 Å². The van der Waals surface area contributed by atoms with Gasteiger partial charge in [0.1, 0.15) is 0 Å². The van der Waals surface area contributed by atoms with Crippen molar-refractivity contribution in [1.29, 1.82) is 0 Å². The number of nitrogens with zero attached hydrogens (tertiary/aromatic N) is 3. The number of hydrogen-bond donors (Lipinski definition) is 1. The zero-order chi connectivity index (χ0) is 25.6. The molecule has 1 fully saturated rings. The van der Waals surface area contributed by atoms with Gasteiger partial charge in [-0.15, -0.1) is 0 Å². The quantitative estimate of drug-likeness (QED) is 0.401. The van der Waals surface area contributed by atoms with E-state index in [-0.39, 0.29) is 5.91 Å². The molecule has 37 heavy (non-hydrogen) atoms. The van der Waals surface area contributed by atoms with Gasteiger partial charge in [-0.3, -0.25) is 4.79 Å². The lowest BCUT2D eigenvalue weighted by Crippen LogP contribution is -2.47. The fraction of sp³-hybridized carbons (Fsp3) is 0.469. The molecule has 0 saturated carbocycles. The number of benzene rings is 2. The van der Waals surface area contributed by atoms with E-state index in [4.69, 9.17) is 0 Å². The highest BCUT2D eigenvalue weighted by molar-refractivity contribution is 5.94. The standard InChI is InChI=1S/C32H42N4O/c1-3-17-34-19-21-35(22-20-34)18-7-16-33-32(37)27-11-13-29(14-12-27)36-30-15-10-25(2)23-28(30)24-31(36)26-8-5-4-6-9-26/h4-6,8-9,11-14,24-25H,3,7,10,15-23H2,1-2H3,(H,33,37). The maximum absolute atomic E-state index is 12.8. The fourth-order valence-electron chi connectivity index (χ4n) is 5.95. The Morgan fingerprint density at radius 3 is 2.35 bits per heavy atom. The fourth-order valence-corrected chi connectivity index (χ4v) is 5.95. The van der Waals surface area contributed by atoms with Crippen LogP contribution in [0.5, 0.6) is 0 Å². The van der Waals surface area contributed by atoms with Crippen LogP contribution in [0.4, 0.5) is 0 Å². The average molecular weight is 499 g/mol.